The van der Waals surface area contributed by atoms with Crippen LogP contribution in [-0.2, 0) is 4.79 Å². The van der Waals surface area contributed by atoms with Crippen LogP contribution in [0.2, 0.25) is 5.02 Å². The molecule has 0 fully saturated rings. The maximum Gasteiger partial charge on any atom is 0.228 e. The number of benzene rings is 1. The summed E-state index contributed by atoms with van der Waals surface area (Å²) in [6.45, 7) is 1.73. The maximum atomic E-state index is 11.5. The second kappa shape index (κ2) is 5.74. The van der Waals surface area contributed by atoms with Crippen LogP contribution in [0.15, 0.2) is 18.2 Å². The quantitative estimate of drug-likeness (QED) is 0.846. The Morgan fingerprint density at radius 3 is 2.88 bits per heavy atom. The van der Waals surface area contributed by atoms with Gasteiger partial charge in [0.25, 0.3) is 0 Å². The zero-order chi connectivity index (χ0) is 12.1. The Balaban J connectivity index is 2.83. The van der Waals surface area contributed by atoms with Gasteiger partial charge in [0, 0.05) is 17.5 Å². The lowest BCUT2D eigenvalue weighted by atomic mass is 10.1. The third kappa shape index (κ3) is 3.13. The monoisotopic (exact) mass is 256 g/mol. The number of amides is 1. The van der Waals surface area contributed by atoms with E-state index in [1.54, 1.807) is 19.1 Å². The van der Waals surface area contributed by atoms with Crippen LogP contribution < -0.4 is 5.32 Å². The molecule has 0 saturated heterocycles. The molecule has 1 rings (SSSR count). The zero-order valence-corrected chi connectivity index (χ0v) is 10.1. The minimum absolute atomic E-state index is 0.179. The van der Waals surface area contributed by atoms with Crippen molar-refractivity contribution in [1.82, 2.24) is 0 Å². The molecular formula is C11H10Cl2N2O. The molecule has 1 aromatic carbocycles. The van der Waals surface area contributed by atoms with E-state index in [4.69, 9.17) is 28.5 Å². The highest BCUT2D eigenvalue weighted by atomic mass is 35.5. The van der Waals surface area contributed by atoms with Crippen molar-refractivity contribution in [3.05, 3.63) is 28.8 Å². The lowest BCUT2D eigenvalue weighted by Crippen LogP contribution is -2.21. The first-order valence-corrected chi connectivity index (χ1v) is 5.56. The van der Waals surface area contributed by atoms with Gasteiger partial charge in [-0.25, -0.2) is 0 Å². The molecule has 0 saturated carbocycles. The number of alkyl halides is 1. The van der Waals surface area contributed by atoms with E-state index in [2.05, 4.69) is 5.32 Å². The minimum atomic E-state index is -0.275. The highest BCUT2D eigenvalue weighted by molar-refractivity contribution is 6.31. The van der Waals surface area contributed by atoms with Crippen molar-refractivity contribution in [2.45, 2.75) is 6.92 Å². The van der Waals surface area contributed by atoms with E-state index in [0.29, 0.717) is 16.3 Å². The highest BCUT2D eigenvalue weighted by Crippen LogP contribution is 2.20. The number of anilines is 1. The topological polar surface area (TPSA) is 52.9 Å². The van der Waals surface area contributed by atoms with Crippen molar-refractivity contribution >= 4 is 34.8 Å². The molecule has 0 aliphatic carbocycles. The summed E-state index contributed by atoms with van der Waals surface area (Å²) < 4.78 is 0. The van der Waals surface area contributed by atoms with Crippen LogP contribution in [0.3, 0.4) is 0 Å². The number of nitrogens with one attached hydrogen (secondary N) is 1. The molecule has 0 heterocycles. The SMILES string of the molecule is CC(CCl)C(=O)Nc1ccc(Cl)c(C#N)c1. The number of carbonyl (C=O) groups is 1. The van der Waals surface area contributed by atoms with Crippen LogP contribution >= 0.6 is 23.2 Å². The van der Waals surface area contributed by atoms with Gasteiger partial charge < -0.3 is 5.32 Å². The molecule has 0 aliphatic heterocycles. The molecule has 0 aromatic heterocycles. The Morgan fingerprint density at radius 2 is 2.31 bits per heavy atom. The van der Waals surface area contributed by atoms with E-state index in [-0.39, 0.29) is 17.7 Å². The van der Waals surface area contributed by atoms with Crippen molar-refractivity contribution < 1.29 is 4.79 Å². The normalized spacial score (nSPS) is 11.6. The largest absolute Gasteiger partial charge is 0.326 e. The van der Waals surface area contributed by atoms with E-state index in [1.165, 1.54) is 6.07 Å². The Morgan fingerprint density at radius 1 is 1.62 bits per heavy atom. The molecule has 0 radical (unpaired) electrons. The molecule has 3 nitrogen and oxygen atoms in total. The van der Waals surface area contributed by atoms with Gasteiger partial charge >= 0.3 is 0 Å². The average molecular weight is 257 g/mol. The predicted octanol–water partition coefficient (Wildman–Crippen LogP) is 3.03. The van der Waals surface area contributed by atoms with Crippen molar-refractivity contribution in [3.63, 3.8) is 0 Å². The summed E-state index contributed by atoms with van der Waals surface area (Å²) in [7, 11) is 0. The van der Waals surface area contributed by atoms with Crippen LogP contribution in [0, 0.1) is 17.2 Å². The fourth-order valence-corrected chi connectivity index (χ4v) is 1.32. The van der Waals surface area contributed by atoms with Gasteiger partial charge in [-0.3, -0.25) is 4.79 Å². The van der Waals surface area contributed by atoms with E-state index >= 15 is 0 Å². The first-order valence-electron chi connectivity index (χ1n) is 4.65. The molecule has 84 valence electrons. The molecule has 0 bridgehead atoms. The van der Waals surface area contributed by atoms with Gasteiger partial charge in [0.2, 0.25) is 5.91 Å². The third-order valence-electron chi connectivity index (χ3n) is 2.03. The smallest absolute Gasteiger partial charge is 0.228 e. The van der Waals surface area contributed by atoms with Gasteiger partial charge in [-0.05, 0) is 18.2 Å². The van der Waals surface area contributed by atoms with E-state index < -0.39 is 0 Å². The Kier molecular flexibility index (Phi) is 4.60. The molecule has 1 aromatic rings. The Labute approximate surface area is 104 Å². The standard InChI is InChI=1S/C11H10Cl2N2O/c1-7(5-12)11(16)15-9-2-3-10(13)8(4-9)6-14/h2-4,7H,5H2,1H3,(H,15,16). The average Bonchev–Trinajstić information content (AvgIpc) is 2.30. The van der Waals surface area contributed by atoms with Crippen molar-refractivity contribution in [2.75, 3.05) is 11.2 Å². The molecule has 1 amide bonds. The number of carbonyl (C=O) groups excluding carboxylic acids is 1. The lowest BCUT2D eigenvalue weighted by Gasteiger charge is -2.09. The fraction of sp³-hybridized carbons (Fsp3) is 0.273. The summed E-state index contributed by atoms with van der Waals surface area (Å²) in [6, 6.07) is 6.68. The molecule has 5 heteroatoms. The van der Waals surface area contributed by atoms with Gasteiger partial charge in [0.1, 0.15) is 6.07 Å². The van der Waals surface area contributed by atoms with Crippen LogP contribution in [0.5, 0.6) is 0 Å². The van der Waals surface area contributed by atoms with Crippen molar-refractivity contribution in [3.8, 4) is 6.07 Å². The number of hydrogen-bond acceptors (Lipinski definition) is 2. The predicted molar refractivity (Wildman–Crippen MR) is 64.7 cm³/mol. The van der Waals surface area contributed by atoms with E-state index in [9.17, 15) is 4.79 Å². The molecule has 0 spiro atoms. The van der Waals surface area contributed by atoms with Crippen LogP contribution in [0.4, 0.5) is 5.69 Å². The molecule has 1 atom stereocenters. The van der Waals surface area contributed by atoms with Gasteiger partial charge in [-0.2, -0.15) is 5.26 Å². The molecular weight excluding hydrogens is 247 g/mol. The van der Waals surface area contributed by atoms with Gasteiger partial charge in [-0.1, -0.05) is 18.5 Å². The molecule has 0 aliphatic rings. The first-order chi connectivity index (χ1) is 7.58. The number of halogens is 2. The first kappa shape index (κ1) is 12.8. The van der Waals surface area contributed by atoms with Gasteiger partial charge in [-0.15, -0.1) is 11.6 Å². The lowest BCUT2D eigenvalue weighted by molar-refractivity contribution is -0.118. The second-order valence-corrected chi connectivity index (χ2v) is 4.07. The Bertz CT molecular complexity index is 440. The maximum absolute atomic E-state index is 11.5. The summed E-state index contributed by atoms with van der Waals surface area (Å²) in [6.07, 6.45) is 0. The Hall–Kier alpha value is -1.24. The molecule has 1 N–H and O–H groups in total. The number of nitrogens with zero attached hydrogens (tertiary/aromatic N) is 1. The van der Waals surface area contributed by atoms with Crippen LogP contribution in [0.1, 0.15) is 12.5 Å². The third-order valence-corrected chi connectivity index (χ3v) is 2.83. The minimum Gasteiger partial charge on any atom is -0.326 e. The molecule has 1 unspecified atom stereocenters. The summed E-state index contributed by atoms with van der Waals surface area (Å²) in [4.78, 5) is 11.5. The van der Waals surface area contributed by atoms with E-state index in [0.717, 1.165) is 0 Å². The number of hydrogen-bond donors (Lipinski definition) is 1. The number of rotatable bonds is 3. The zero-order valence-electron chi connectivity index (χ0n) is 8.63. The summed E-state index contributed by atoms with van der Waals surface area (Å²) in [5, 5.41) is 11.8. The van der Waals surface area contributed by atoms with Crippen molar-refractivity contribution in [2.24, 2.45) is 5.92 Å². The number of nitriles is 1. The highest BCUT2D eigenvalue weighted by Gasteiger charge is 2.12. The van der Waals surface area contributed by atoms with Crippen LogP contribution in [-0.4, -0.2) is 11.8 Å². The second-order valence-electron chi connectivity index (χ2n) is 3.35. The van der Waals surface area contributed by atoms with Gasteiger partial charge in [0.15, 0.2) is 0 Å². The fourth-order valence-electron chi connectivity index (χ4n) is 1.02. The van der Waals surface area contributed by atoms with Crippen molar-refractivity contribution in [1.29, 1.82) is 5.26 Å². The summed E-state index contributed by atoms with van der Waals surface area (Å²) >= 11 is 11.3. The summed E-state index contributed by atoms with van der Waals surface area (Å²) in [5.74, 6) is -0.200. The summed E-state index contributed by atoms with van der Waals surface area (Å²) in [5.41, 5.74) is 0.876. The van der Waals surface area contributed by atoms with Crippen LogP contribution in [0.25, 0.3) is 0 Å². The molecule has 16 heavy (non-hydrogen) atoms. The van der Waals surface area contributed by atoms with Gasteiger partial charge in [0.05, 0.1) is 10.6 Å². The van der Waals surface area contributed by atoms with E-state index in [1.807, 2.05) is 6.07 Å².